The van der Waals surface area contributed by atoms with Gasteiger partial charge >= 0.3 is 0 Å². The van der Waals surface area contributed by atoms with Crippen LogP contribution >= 0.6 is 0 Å². The molecule has 2 aromatic carbocycles. The number of hydrogen-bond acceptors (Lipinski definition) is 3. The molecule has 0 spiro atoms. The minimum absolute atomic E-state index is 0.217. The minimum atomic E-state index is -1.14. The highest BCUT2D eigenvalue weighted by Gasteiger charge is 2.43. The average Bonchev–Trinajstić information content (AvgIpc) is 2.71. The van der Waals surface area contributed by atoms with Crippen LogP contribution < -0.4 is 10.6 Å². The number of piperazine rings is 1. The van der Waals surface area contributed by atoms with E-state index in [9.17, 15) is 14.4 Å². The van der Waals surface area contributed by atoms with Crippen LogP contribution in [0, 0.1) is 0 Å². The number of nitrogens with one attached hydrogen (secondary N) is 2. The Morgan fingerprint density at radius 2 is 1.61 bits per heavy atom. The summed E-state index contributed by atoms with van der Waals surface area (Å²) >= 11 is 0. The van der Waals surface area contributed by atoms with Crippen molar-refractivity contribution in [2.75, 3.05) is 6.54 Å². The van der Waals surface area contributed by atoms with Crippen molar-refractivity contribution in [3.63, 3.8) is 0 Å². The molecule has 0 radical (unpaired) electrons. The van der Waals surface area contributed by atoms with Gasteiger partial charge in [-0.05, 0) is 17.5 Å². The first-order chi connectivity index (χ1) is 13.6. The first kappa shape index (κ1) is 19.6. The highest BCUT2D eigenvalue weighted by atomic mass is 16.2. The topological polar surface area (TPSA) is 78.5 Å². The Balaban J connectivity index is 1.71. The van der Waals surface area contributed by atoms with Gasteiger partial charge in [0, 0.05) is 19.5 Å². The minimum Gasteiger partial charge on any atom is -0.350 e. The molecule has 28 heavy (non-hydrogen) atoms. The third-order valence-corrected chi connectivity index (χ3v) is 4.76. The molecule has 6 nitrogen and oxygen atoms in total. The van der Waals surface area contributed by atoms with E-state index in [0.717, 1.165) is 11.1 Å². The summed E-state index contributed by atoms with van der Waals surface area (Å²) < 4.78 is 0. The summed E-state index contributed by atoms with van der Waals surface area (Å²) in [6, 6.07) is 17.2. The predicted molar refractivity (Wildman–Crippen MR) is 106 cm³/mol. The maximum atomic E-state index is 13.0. The fourth-order valence-electron chi connectivity index (χ4n) is 3.39. The summed E-state index contributed by atoms with van der Waals surface area (Å²) in [7, 11) is 0. The lowest BCUT2D eigenvalue weighted by Gasteiger charge is -2.38. The molecule has 2 N–H and O–H groups in total. The van der Waals surface area contributed by atoms with Crippen molar-refractivity contribution in [2.24, 2.45) is 0 Å². The van der Waals surface area contributed by atoms with E-state index in [1.807, 2.05) is 67.6 Å². The number of carbonyl (C=O) groups excluding carboxylic acids is 3. The molecule has 3 amide bonds. The van der Waals surface area contributed by atoms with Crippen molar-refractivity contribution < 1.29 is 14.4 Å². The highest BCUT2D eigenvalue weighted by molar-refractivity contribution is 6.10. The molecular formula is C22H25N3O3. The molecule has 0 bridgehead atoms. The molecule has 2 aromatic rings. The summed E-state index contributed by atoms with van der Waals surface area (Å²) in [5.74, 6) is -1.11. The zero-order valence-corrected chi connectivity index (χ0v) is 15.9. The van der Waals surface area contributed by atoms with Gasteiger partial charge in [-0.2, -0.15) is 0 Å². The summed E-state index contributed by atoms with van der Waals surface area (Å²) in [5, 5.41) is 5.52. The quantitative estimate of drug-likeness (QED) is 0.718. The van der Waals surface area contributed by atoms with Crippen molar-refractivity contribution in [3.05, 3.63) is 71.8 Å². The molecule has 3 rings (SSSR count). The molecular weight excluding hydrogens is 354 g/mol. The van der Waals surface area contributed by atoms with Crippen LogP contribution in [0.15, 0.2) is 60.7 Å². The third-order valence-electron chi connectivity index (χ3n) is 4.76. The number of hydrogen-bond donors (Lipinski definition) is 2. The highest BCUT2D eigenvalue weighted by Crippen LogP contribution is 2.15. The largest absolute Gasteiger partial charge is 0.350 e. The summed E-state index contributed by atoms with van der Waals surface area (Å²) in [6.45, 7) is 2.59. The molecule has 2 atom stereocenters. The Morgan fingerprint density at radius 1 is 1.00 bits per heavy atom. The molecule has 1 fully saturated rings. The van der Waals surface area contributed by atoms with Crippen LogP contribution in [0.5, 0.6) is 0 Å². The van der Waals surface area contributed by atoms with Crippen molar-refractivity contribution in [2.45, 2.75) is 38.4 Å². The Kier molecular flexibility index (Phi) is 6.42. The normalized spacial score (nSPS) is 19.2. The number of carbonyl (C=O) groups is 3. The molecule has 1 aliphatic rings. The van der Waals surface area contributed by atoms with Gasteiger partial charge < -0.3 is 15.5 Å². The number of benzene rings is 2. The first-order valence-corrected chi connectivity index (χ1v) is 9.56. The Morgan fingerprint density at radius 3 is 2.21 bits per heavy atom. The molecule has 1 heterocycles. The van der Waals surface area contributed by atoms with Crippen LogP contribution in [-0.2, 0) is 27.3 Å². The SMILES string of the molecule is CCCN1C(=O)C(Cc2ccccc2)NC(=O)C1C(=O)NCc1ccccc1. The van der Waals surface area contributed by atoms with Gasteiger partial charge in [0.15, 0.2) is 6.04 Å². The first-order valence-electron chi connectivity index (χ1n) is 9.56. The van der Waals surface area contributed by atoms with E-state index in [4.69, 9.17) is 0 Å². The Labute approximate surface area is 164 Å². The van der Waals surface area contributed by atoms with Crippen LogP contribution in [0.25, 0.3) is 0 Å². The molecule has 146 valence electrons. The van der Waals surface area contributed by atoms with E-state index in [1.165, 1.54) is 4.90 Å². The maximum Gasteiger partial charge on any atom is 0.253 e. The van der Waals surface area contributed by atoms with E-state index in [2.05, 4.69) is 10.6 Å². The van der Waals surface area contributed by atoms with Gasteiger partial charge in [-0.1, -0.05) is 67.6 Å². The summed E-state index contributed by atoms with van der Waals surface area (Å²) in [4.78, 5) is 39.8. The molecule has 0 saturated carbocycles. The van der Waals surface area contributed by atoms with Gasteiger partial charge in [-0.25, -0.2) is 0 Å². The third kappa shape index (κ3) is 4.57. The fraction of sp³-hybridized carbons (Fsp3) is 0.318. The van der Waals surface area contributed by atoms with Crippen molar-refractivity contribution in [1.29, 1.82) is 0 Å². The Hall–Kier alpha value is -3.15. The van der Waals surface area contributed by atoms with Crippen molar-refractivity contribution in [1.82, 2.24) is 15.5 Å². The van der Waals surface area contributed by atoms with E-state index in [0.29, 0.717) is 25.9 Å². The van der Waals surface area contributed by atoms with Crippen LogP contribution in [0.3, 0.4) is 0 Å². The van der Waals surface area contributed by atoms with Crippen molar-refractivity contribution in [3.8, 4) is 0 Å². The van der Waals surface area contributed by atoms with Crippen LogP contribution in [-0.4, -0.2) is 41.2 Å². The molecule has 2 unspecified atom stereocenters. The van der Waals surface area contributed by atoms with E-state index in [1.54, 1.807) is 0 Å². The predicted octanol–water partition coefficient (Wildman–Crippen LogP) is 1.65. The zero-order chi connectivity index (χ0) is 19.9. The standard InChI is InChI=1S/C22H25N3O3/c1-2-13-25-19(20(26)23-15-17-11-7-4-8-12-17)21(27)24-18(22(25)28)14-16-9-5-3-6-10-16/h3-12,18-19H,2,13-15H2,1H3,(H,23,26)(H,24,27). The van der Waals surface area contributed by atoms with Crippen molar-refractivity contribution >= 4 is 17.7 Å². The second kappa shape index (κ2) is 9.17. The van der Waals surface area contributed by atoms with Crippen LogP contribution in [0.4, 0.5) is 0 Å². The Bertz CT molecular complexity index is 823. The fourth-order valence-corrected chi connectivity index (χ4v) is 3.39. The number of amides is 3. The van der Waals surface area contributed by atoms with Gasteiger partial charge in [0.1, 0.15) is 6.04 Å². The second-order valence-corrected chi connectivity index (χ2v) is 6.89. The van der Waals surface area contributed by atoms with Gasteiger partial charge in [0.25, 0.3) is 11.8 Å². The maximum absolute atomic E-state index is 13.0. The van der Waals surface area contributed by atoms with Gasteiger partial charge in [0.2, 0.25) is 5.91 Å². The summed E-state index contributed by atoms with van der Waals surface area (Å²) in [5.41, 5.74) is 1.90. The molecule has 0 aliphatic carbocycles. The van der Waals surface area contributed by atoms with E-state index >= 15 is 0 Å². The lowest BCUT2D eigenvalue weighted by molar-refractivity contribution is -0.154. The van der Waals surface area contributed by atoms with Gasteiger partial charge in [0.05, 0.1) is 0 Å². The molecule has 0 aromatic heterocycles. The second-order valence-electron chi connectivity index (χ2n) is 6.89. The van der Waals surface area contributed by atoms with Gasteiger partial charge in [-0.3, -0.25) is 14.4 Å². The zero-order valence-electron chi connectivity index (χ0n) is 15.9. The van der Waals surface area contributed by atoms with Crippen LogP contribution in [0.1, 0.15) is 24.5 Å². The lowest BCUT2D eigenvalue weighted by Crippen LogP contribution is -2.67. The van der Waals surface area contributed by atoms with Crippen LogP contribution in [0.2, 0.25) is 0 Å². The summed E-state index contributed by atoms with van der Waals surface area (Å²) in [6.07, 6.45) is 1.07. The van der Waals surface area contributed by atoms with Gasteiger partial charge in [-0.15, -0.1) is 0 Å². The molecule has 1 aliphatic heterocycles. The molecule has 6 heteroatoms. The number of rotatable bonds is 7. The number of nitrogens with zero attached hydrogens (tertiary/aromatic N) is 1. The average molecular weight is 379 g/mol. The van der Waals surface area contributed by atoms with E-state index in [-0.39, 0.29) is 5.91 Å². The monoisotopic (exact) mass is 379 g/mol. The smallest absolute Gasteiger partial charge is 0.253 e. The molecule has 1 saturated heterocycles. The van der Waals surface area contributed by atoms with E-state index < -0.39 is 23.9 Å². The lowest BCUT2D eigenvalue weighted by atomic mass is 9.99.